The van der Waals surface area contributed by atoms with Crippen LogP contribution in [0.15, 0.2) is 62.9 Å². The highest BCUT2D eigenvalue weighted by atomic mass is 32.2. The van der Waals surface area contributed by atoms with Crippen molar-refractivity contribution in [3.8, 4) is 17.1 Å². The Kier molecular flexibility index (Phi) is 5.67. The minimum absolute atomic E-state index is 0.0331. The highest BCUT2D eigenvalue weighted by molar-refractivity contribution is 7.98. The first-order valence-corrected chi connectivity index (χ1v) is 11.2. The molecule has 1 fully saturated rings. The van der Waals surface area contributed by atoms with Crippen LogP contribution in [0.1, 0.15) is 18.4 Å². The summed E-state index contributed by atoms with van der Waals surface area (Å²) in [5, 5.41) is 19.9. The fourth-order valence-corrected chi connectivity index (χ4v) is 4.78. The normalized spacial score (nSPS) is 16.1. The van der Waals surface area contributed by atoms with E-state index in [1.54, 1.807) is 24.3 Å². The zero-order valence-electron chi connectivity index (χ0n) is 17.0. The predicted octanol–water partition coefficient (Wildman–Crippen LogP) is 4.37. The average Bonchev–Trinajstić information content (AvgIpc) is 3.43. The van der Waals surface area contributed by atoms with Gasteiger partial charge in [0.15, 0.2) is 11.0 Å². The molecule has 1 N–H and O–H groups in total. The monoisotopic (exact) mass is 453 g/mol. The SMILES string of the molecule is O=c1cc(CSc2nnc(-c3ccc(F)cc3)n2CC2CCCO2)c2ccc(O)cc2o1. The number of hydrogen-bond donors (Lipinski definition) is 1. The zero-order chi connectivity index (χ0) is 22.1. The van der Waals surface area contributed by atoms with Crippen LogP contribution in [0.3, 0.4) is 0 Å². The molecule has 164 valence electrons. The van der Waals surface area contributed by atoms with Gasteiger partial charge in [-0.25, -0.2) is 9.18 Å². The van der Waals surface area contributed by atoms with Crippen LogP contribution in [0.2, 0.25) is 0 Å². The van der Waals surface area contributed by atoms with Crippen molar-refractivity contribution in [3.05, 3.63) is 70.3 Å². The van der Waals surface area contributed by atoms with E-state index in [0.29, 0.717) is 28.9 Å². The summed E-state index contributed by atoms with van der Waals surface area (Å²) >= 11 is 1.45. The molecule has 1 aliphatic rings. The van der Waals surface area contributed by atoms with E-state index >= 15 is 0 Å². The number of phenols is 1. The number of fused-ring (bicyclic) bond motifs is 1. The summed E-state index contributed by atoms with van der Waals surface area (Å²) in [5.74, 6) is 0.824. The van der Waals surface area contributed by atoms with Gasteiger partial charge in [0, 0.05) is 35.4 Å². The maximum absolute atomic E-state index is 13.4. The van der Waals surface area contributed by atoms with Gasteiger partial charge in [0.1, 0.15) is 17.1 Å². The molecular weight excluding hydrogens is 433 g/mol. The third kappa shape index (κ3) is 4.26. The molecule has 0 saturated carbocycles. The van der Waals surface area contributed by atoms with Gasteiger partial charge in [-0.2, -0.15) is 0 Å². The van der Waals surface area contributed by atoms with Crippen LogP contribution in [0.25, 0.3) is 22.4 Å². The van der Waals surface area contributed by atoms with E-state index in [9.17, 15) is 14.3 Å². The van der Waals surface area contributed by atoms with Crippen molar-refractivity contribution in [2.24, 2.45) is 0 Å². The van der Waals surface area contributed by atoms with E-state index in [4.69, 9.17) is 9.15 Å². The van der Waals surface area contributed by atoms with Crippen molar-refractivity contribution in [1.82, 2.24) is 14.8 Å². The number of thioether (sulfide) groups is 1. The molecule has 5 rings (SSSR count). The smallest absolute Gasteiger partial charge is 0.336 e. The fraction of sp³-hybridized carbons (Fsp3) is 0.261. The van der Waals surface area contributed by atoms with E-state index in [1.807, 2.05) is 4.57 Å². The molecule has 3 heterocycles. The van der Waals surface area contributed by atoms with E-state index < -0.39 is 5.63 Å². The molecule has 1 aliphatic heterocycles. The molecule has 0 aliphatic carbocycles. The minimum atomic E-state index is -0.480. The predicted molar refractivity (Wildman–Crippen MR) is 118 cm³/mol. The highest BCUT2D eigenvalue weighted by Crippen LogP contribution is 2.31. The second-order valence-electron chi connectivity index (χ2n) is 7.62. The number of nitrogens with zero attached hydrogens (tertiary/aromatic N) is 3. The lowest BCUT2D eigenvalue weighted by Crippen LogP contribution is -2.16. The van der Waals surface area contributed by atoms with Crippen LogP contribution in [-0.4, -0.2) is 32.6 Å². The third-order valence-electron chi connectivity index (χ3n) is 5.40. The molecule has 0 radical (unpaired) electrons. The Balaban J connectivity index is 1.47. The molecule has 2 aromatic heterocycles. The number of hydrogen-bond acceptors (Lipinski definition) is 7. The summed E-state index contributed by atoms with van der Waals surface area (Å²) in [4.78, 5) is 12.0. The molecule has 32 heavy (non-hydrogen) atoms. The van der Waals surface area contributed by atoms with Crippen molar-refractivity contribution >= 4 is 22.7 Å². The van der Waals surface area contributed by atoms with Crippen LogP contribution in [0.5, 0.6) is 5.75 Å². The third-order valence-corrected chi connectivity index (χ3v) is 6.42. The second-order valence-corrected chi connectivity index (χ2v) is 8.56. The zero-order valence-corrected chi connectivity index (χ0v) is 17.8. The molecule has 2 aromatic carbocycles. The molecule has 0 bridgehead atoms. The first-order chi connectivity index (χ1) is 15.6. The first kappa shape index (κ1) is 20.7. The van der Waals surface area contributed by atoms with Crippen LogP contribution >= 0.6 is 11.8 Å². The number of halogens is 1. The first-order valence-electron chi connectivity index (χ1n) is 10.3. The molecule has 9 heteroatoms. The van der Waals surface area contributed by atoms with Crippen LogP contribution in [0.4, 0.5) is 4.39 Å². The van der Waals surface area contributed by atoms with Gasteiger partial charge in [-0.05, 0) is 54.8 Å². The average molecular weight is 453 g/mol. The van der Waals surface area contributed by atoms with Crippen molar-refractivity contribution < 1.29 is 18.7 Å². The van der Waals surface area contributed by atoms with E-state index in [0.717, 1.165) is 36.0 Å². The fourth-order valence-electron chi connectivity index (χ4n) is 3.84. The summed E-state index contributed by atoms with van der Waals surface area (Å²) in [6, 6.07) is 12.3. The standard InChI is InChI=1S/C23H20FN3O4S/c24-16-5-3-14(4-6-16)22-25-26-23(27(22)12-18-2-1-9-30-18)32-13-15-10-21(29)31-20-11-17(28)7-8-19(15)20/h3-8,10-11,18,28H,1-2,9,12-13H2. The molecular formula is C23H20FN3O4S. The molecule has 1 atom stereocenters. The lowest BCUT2D eigenvalue weighted by atomic mass is 10.1. The van der Waals surface area contributed by atoms with Gasteiger partial charge in [0.25, 0.3) is 0 Å². The van der Waals surface area contributed by atoms with Crippen LogP contribution in [0, 0.1) is 5.82 Å². The topological polar surface area (TPSA) is 90.4 Å². The minimum Gasteiger partial charge on any atom is -0.508 e. The Bertz CT molecular complexity index is 1310. The van der Waals surface area contributed by atoms with Crippen molar-refractivity contribution in [3.63, 3.8) is 0 Å². The number of rotatable bonds is 6. The maximum Gasteiger partial charge on any atom is 0.336 e. The Hall–Kier alpha value is -3.17. The largest absolute Gasteiger partial charge is 0.508 e. The van der Waals surface area contributed by atoms with Gasteiger partial charge in [-0.1, -0.05) is 11.8 Å². The van der Waals surface area contributed by atoms with Crippen molar-refractivity contribution in [2.45, 2.75) is 36.4 Å². The molecule has 0 amide bonds. The quantitative estimate of drug-likeness (QED) is 0.342. The summed E-state index contributed by atoms with van der Waals surface area (Å²) in [7, 11) is 0. The molecule has 1 saturated heterocycles. The molecule has 4 aromatic rings. The number of phenolic OH excluding ortho intramolecular Hbond substituents is 1. The lowest BCUT2D eigenvalue weighted by molar-refractivity contribution is 0.0953. The Morgan fingerprint density at radius 3 is 2.78 bits per heavy atom. The van der Waals surface area contributed by atoms with Crippen molar-refractivity contribution in [1.29, 1.82) is 0 Å². The van der Waals surface area contributed by atoms with Gasteiger partial charge in [0.05, 0.1) is 12.6 Å². The van der Waals surface area contributed by atoms with Gasteiger partial charge in [-0.3, -0.25) is 4.57 Å². The second kappa shape index (κ2) is 8.76. The molecule has 1 unspecified atom stereocenters. The van der Waals surface area contributed by atoms with Crippen LogP contribution in [-0.2, 0) is 17.0 Å². The number of benzene rings is 2. The van der Waals surface area contributed by atoms with E-state index in [2.05, 4.69) is 10.2 Å². The van der Waals surface area contributed by atoms with Gasteiger partial charge >= 0.3 is 5.63 Å². The Morgan fingerprint density at radius 2 is 2.00 bits per heavy atom. The summed E-state index contributed by atoms with van der Waals surface area (Å²) < 4.78 is 26.4. The molecule has 7 nitrogen and oxygen atoms in total. The number of aromatic nitrogens is 3. The number of aromatic hydroxyl groups is 1. The van der Waals surface area contributed by atoms with E-state index in [1.165, 1.54) is 36.0 Å². The lowest BCUT2D eigenvalue weighted by Gasteiger charge is -2.15. The summed E-state index contributed by atoms with van der Waals surface area (Å²) in [6.07, 6.45) is 2.04. The number of ether oxygens (including phenoxy) is 1. The maximum atomic E-state index is 13.4. The van der Waals surface area contributed by atoms with Gasteiger partial charge in [-0.15, -0.1) is 10.2 Å². The van der Waals surface area contributed by atoms with Gasteiger partial charge < -0.3 is 14.3 Å². The Morgan fingerprint density at radius 1 is 1.16 bits per heavy atom. The Labute approximate surface area is 186 Å². The summed E-state index contributed by atoms with van der Waals surface area (Å²) in [6.45, 7) is 1.33. The molecule has 0 spiro atoms. The van der Waals surface area contributed by atoms with Crippen LogP contribution < -0.4 is 5.63 Å². The highest BCUT2D eigenvalue weighted by Gasteiger charge is 2.22. The summed E-state index contributed by atoms with van der Waals surface area (Å²) in [5.41, 5.74) is 1.40. The van der Waals surface area contributed by atoms with Gasteiger partial charge in [0.2, 0.25) is 0 Å². The van der Waals surface area contributed by atoms with Crippen molar-refractivity contribution in [2.75, 3.05) is 6.61 Å². The van der Waals surface area contributed by atoms with E-state index in [-0.39, 0.29) is 17.7 Å².